The van der Waals surface area contributed by atoms with Gasteiger partial charge in [-0.1, -0.05) is 42.0 Å². The van der Waals surface area contributed by atoms with E-state index in [1.807, 2.05) is 31.2 Å². The van der Waals surface area contributed by atoms with Crippen LogP contribution in [0.25, 0.3) is 0 Å². The van der Waals surface area contributed by atoms with Gasteiger partial charge >= 0.3 is 0 Å². The van der Waals surface area contributed by atoms with Gasteiger partial charge in [0.25, 0.3) is 17.5 Å². The van der Waals surface area contributed by atoms with E-state index in [9.17, 15) is 29.3 Å². The fraction of sp³-hybridized carbons (Fsp3) is 0.185. The first-order chi connectivity index (χ1) is 17.8. The highest BCUT2D eigenvalue weighted by Gasteiger charge is 2.44. The average Bonchev–Trinajstić information content (AvgIpc) is 3.13. The summed E-state index contributed by atoms with van der Waals surface area (Å²) in [5.74, 6) is -2.74. The van der Waals surface area contributed by atoms with Crippen LogP contribution in [0.3, 0.4) is 0 Å². The van der Waals surface area contributed by atoms with E-state index in [2.05, 4.69) is 5.32 Å². The van der Waals surface area contributed by atoms with Crippen molar-refractivity contribution in [3.63, 3.8) is 0 Å². The number of nitro benzene ring substituents is 1. The van der Waals surface area contributed by atoms with Crippen LogP contribution in [0.2, 0.25) is 0 Å². The number of aryl methyl sites for hydroxylation is 2. The first-order valence-corrected chi connectivity index (χ1v) is 11.7. The van der Waals surface area contributed by atoms with Crippen molar-refractivity contribution < 1.29 is 24.1 Å². The molecule has 1 N–H and O–H groups in total. The molecule has 5 rings (SSSR count). The summed E-state index contributed by atoms with van der Waals surface area (Å²) in [4.78, 5) is 65.7. The zero-order valence-corrected chi connectivity index (χ0v) is 19.8. The van der Waals surface area contributed by atoms with Gasteiger partial charge < -0.3 is 5.32 Å². The molecule has 2 aliphatic heterocycles. The molecule has 0 bridgehead atoms. The second-order valence-corrected chi connectivity index (χ2v) is 8.96. The molecule has 3 aromatic rings. The van der Waals surface area contributed by atoms with Crippen LogP contribution in [0.4, 0.5) is 17.1 Å². The van der Waals surface area contributed by atoms with E-state index in [-0.39, 0.29) is 11.1 Å². The maximum absolute atomic E-state index is 13.7. The summed E-state index contributed by atoms with van der Waals surface area (Å²) in [5.41, 5.74) is 2.03. The molecule has 1 unspecified atom stereocenters. The summed E-state index contributed by atoms with van der Waals surface area (Å²) in [6.07, 6.45) is 0.902. The largest absolute Gasteiger partial charge is 0.324 e. The Kier molecular flexibility index (Phi) is 6.00. The number of nitrogens with zero attached hydrogens (tertiary/aromatic N) is 3. The lowest BCUT2D eigenvalue weighted by molar-refractivity contribution is -0.385. The van der Waals surface area contributed by atoms with E-state index in [1.54, 1.807) is 24.3 Å². The maximum atomic E-state index is 13.7. The quantitative estimate of drug-likeness (QED) is 0.326. The number of fused-ring (bicyclic) bond motifs is 2. The van der Waals surface area contributed by atoms with E-state index in [0.29, 0.717) is 29.1 Å². The van der Waals surface area contributed by atoms with Crippen LogP contribution in [0.15, 0.2) is 66.7 Å². The van der Waals surface area contributed by atoms with Crippen LogP contribution in [0.5, 0.6) is 0 Å². The number of hydrogen-bond donors (Lipinski definition) is 1. The molecule has 3 aromatic carbocycles. The van der Waals surface area contributed by atoms with Crippen LogP contribution in [0.1, 0.15) is 38.3 Å². The normalized spacial score (nSPS) is 16.3. The Morgan fingerprint density at radius 1 is 1.00 bits per heavy atom. The Hall–Kier alpha value is -4.86. The number of carbonyl (C=O) groups excluding carboxylic acids is 4. The fourth-order valence-electron chi connectivity index (χ4n) is 4.79. The average molecular weight is 498 g/mol. The van der Waals surface area contributed by atoms with Gasteiger partial charge in [0.15, 0.2) is 0 Å². The summed E-state index contributed by atoms with van der Waals surface area (Å²) in [6, 6.07) is 17.3. The summed E-state index contributed by atoms with van der Waals surface area (Å²) in [5, 5.41) is 14.3. The maximum Gasteiger partial charge on any atom is 0.282 e. The van der Waals surface area contributed by atoms with E-state index >= 15 is 0 Å². The fourth-order valence-corrected chi connectivity index (χ4v) is 4.79. The number of amides is 4. The Morgan fingerprint density at radius 3 is 2.46 bits per heavy atom. The highest BCUT2D eigenvalue weighted by atomic mass is 16.6. The molecule has 2 heterocycles. The number of nitro groups is 1. The van der Waals surface area contributed by atoms with Crippen LogP contribution >= 0.6 is 0 Å². The van der Waals surface area contributed by atoms with Crippen LogP contribution < -0.4 is 10.2 Å². The van der Waals surface area contributed by atoms with Crippen molar-refractivity contribution in [2.24, 2.45) is 0 Å². The van der Waals surface area contributed by atoms with Gasteiger partial charge in [0.1, 0.15) is 18.2 Å². The molecule has 0 radical (unpaired) electrons. The molecule has 0 aliphatic carbocycles. The molecule has 10 heteroatoms. The SMILES string of the molecule is Cc1ccc(NC(=O)C2CCc3ccccc3N2C(=O)CN2C(=O)c3cccc([N+](=O)[O-])c3C2=O)cc1. The number of anilines is 2. The predicted octanol–water partition coefficient (Wildman–Crippen LogP) is 3.49. The van der Waals surface area contributed by atoms with E-state index in [1.165, 1.54) is 17.0 Å². The first-order valence-electron chi connectivity index (χ1n) is 11.7. The van der Waals surface area contributed by atoms with Gasteiger partial charge in [0, 0.05) is 17.4 Å². The lowest BCUT2D eigenvalue weighted by Crippen LogP contribution is -2.53. The molecule has 186 valence electrons. The highest BCUT2D eigenvalue weighted by Crippen LogP contribution is 2.34. The zero-order valence-electron chi connectivity index (χ0n) is 19.8. The van der Waals surface area contributed by atoms with Gasteiger partial charge in [-0.3, -0.25) is 39.1 Å². The van der Waals surface area contributed by atoms with Gasteiger partial charge in [-0.25, -0.2) is 0 Å². The van der Waals surface area contributed by atoms with Gasteiger partial charge in [0.05, 0.1) is 10.5 Å². The molecule has 0 spiro atoms. The monoisotopic (exact) mass is 498 g/mol. The van der Waals surface area contributed by atoms with Crippen molar-refractivity contribution in [1.29, 1.82) is 0 Å². The number of hydrogen-bond acceptors (Lipinski definition) is 6. The molecule has 4 amide bonds. The summed E-state index contributed by atoms with van der Waals surface area (Å²) in [7, 11) is 0. The van der Waals surface area contributed by atoms with Crippen molar-refractivity contribution in [3.05, 3.63) is 99.1 Å². The van der Waals surface area contributed by atoms with Gasteiger partial charge in [-0.2, -0.15) is 0 Å². The van der Waals surface area contributed by atoms with Crippen molar-refractivity contribution in [1.82, 2.24) is 4.90 Å². The minimum Gasteiger partial charge on any atom is -0.324 e. The van der Waals surface area contributed by atoms with Crippen molar-refractivity contribution in [2.75, 3.05) is 16.8 Å². The lowest BCUT2D eigenvalue weighted by atomic mass is 9.94. The molecule has 1 atom stereocenters. The lowest BCUT2D eigenvalue weighted by Gasteiger charge is -2.37. The van der Waals surface area contributed by atoms with Crippen LogP contribution in [-0.2, 0) is 16.0 Å². The molecular formula is C27H22N4O6. The van der Waals surface area contributed by atoms with Crippen molar-refractivity contribution >= 4 is 40.7 Å². The van der Waals surface area contributed by atoms with Gasteiger partial charge in [0.2, 0.25) is 11.8 Å². The van der Waals surface area contributed by atoms with Crippen LogP contribution in [0, 0.1) is 17.0 Å². The van der Waals surface area contributed by atoms with Crippen LogP contribution in [-0.4, -0.2) is 46.0 Å². The minimum absolute atomic E-state index is 0.125. The minimum atomic E-state index is -0.911. The number of benzene rings is 3. The molecule has 10 nitrogen and oxygen atoms in total. The third-order valence-electron chi connectivity index (χ3n) is 6.61. The Morgan fingerprint density at radius 2 is 1.73 bits per heavy atom. The third kappa shape index (κ3) is 4.22. The second-order valence-electron chi connectivity index (χ2n) is 8.96. The van der Waals surface area contributed by atoms with Crippen molar-refractivity contribution in [2.45, 2.75) is 25.8 Å². The van der Waals surface area contributed by atoms with E-state index in [4.69, 9.17) is 0 Å². The predicted molar refractivity (Wildman–Crippen MR) is 134 cm³/mol. The molecule has 37 heavy (non-hydrogen) atoms. The molecule has 0 fully saturated rings. The Balaban J connectivity index is 1.45. The second kappa shape index (κ2) is 9.30. The summed E-state index contributed by atoms with van der Waals surface area (Å²) >= 11 is 0. The number of para-hydroxylation sites is 1. The van der Waals surface area contributed by atoms with Gasteiger partial charge in [-0.15, -0.1) is 0 Å². The van der Waals surface area contributed by atoms with E-state index in [0.717, 1.165) is 17.2 Å². The molecular weight excluding hydrogens is 476 g/mol. The first kappa shape index (κ1) is 23.9. The van der Waals surface area contributed by atoms with Crippen molar-refractivity contribution in [3.8, 4) is 0 Å². The third-order valence-corrected chi connectivity index (χ3v) is 6.61. The number of rotatable bonds is 5. The summed E-state index contributed by atoms with van der Waals surface area (Å²) in [6.45, 7) is 1.27. The number of nitrogens with one attached hydrogen (secondary N) is 1. The Bertz CT molecular complexity index is 1470. The Labute approximate surface area is 211 Å². The molecule has 0 saturated heterocycles. The molecule has 0 aromatic heterocycles. The smallest absolute Gasteiger partial charge is 0.282 e. The topological polar surface area (TPSA) is 130 Å². The molecule has 2 aliphatic rings. The highest BCUT2D eigenvalue weighted by molar-refractivity contribution is 6.24. The zero-order chi connectivity index (χ0) is 26.3. The molecule has 0 saturated carbocycles. The summed E-state index contributed by atoms with van der Waals surface area (Å²) < 4.78 is 0. The van der Waals surface area contributed by atoms with E-state index < -0.39 is 46.8 Å². The number of carbonyl (C=O) groups is 4. The standard InChI is InChI=1S/C27H22N4O6/c1-16-9-12-18(13-10-16)28-25(33)22-14-11-17-5-2-3-7-20(17)30(22)23(32)15-29-26(34)19-6-4-8-21(31(36)37)24(19)27(29)35/h2-10,12-13,22H,11,14-15H2,1H3,(H,28,33). The number of imide groups is 1. The van der Waals surface area contributed by atoms with Gasteiger partial charge in [-0.05, 0) is 49.6 Å².